The molecule has 0 aliphatic rings. The van der Waals surface area contributed by atoms with Crippen molar-refractivity contribution in [2.24, 2.45) is 0 Å². The molecule has 0 aliphatic carbocycles. The third-order valence-corrected chi connectivity index (χ3v) is 4.66. The third kappa shape index (κ3) is 3.75. The van der Waals surface area contributed by atoms with Crippen molar-refractivity contribution < 1.29 is 28.9 Å². The number of halogens is 2. The average Bonchev–Trinajstić information content (AvgIpc) is 2.28. The van der Waals surface area contributed by atoms with Crippen LogP contribution in [-0.2, 0) is 20.1 Å². The van der Waals surface area contributed by atoms with Gasteiger partial charge in [-0.05, 0) is 10.9 Å². The molecule has 2 rings (SSSR count). The van der Waals surface area contributed by atoms with Crippen LogP contribution in [0.2, 0.25) is 19.6 Å². The summed E-state index contributed by atoms with van der Waals surface area (Å²) in [6, 6.07) is 7.18. The van der Waals surface area contributed by atoms with E-state index in [1.54, 1.807) is 12.3 Å². The first-order chi connectivity index (χ1) is 8.38. The van der Waals surface area contributed by atoms with Crippen LogP contribution in [0.15, 0.2) is 24.4 Å². The average molecular weight is 456 g/mol. The second kappa shape index (κ2) is 5.99. The monoisotopic (exact) mass is 456 g/mol. The minimum atomic E-state index is -1.42. The van der Waals surface area contributed by atoms with Crippen LogP contribution in [0.3, 0.4) is 0 Å². The molecule has 0 aliphatic heterocycles. The fourth-order valence-electron chi connectivity index (χ4n) is 1.54. The van der Waals surface area contributed by atoms with Crippen LogP contribution in [0, 0.1) is 18.0 Å². The van der Waals surface area contributed by atoms with E-state index >= 15 is 0 Å². The largest absolute Gasteiger partial charge is 0.305 e. The zero-order valence-electron chi connectivity index (χ0n) is 10.8. The summed E-state index contributed by atoms with van der Waals surface area (Å²) in [5, 5.41) is 1.18. The molecule has 0 N–H and O–H groups in total. The Kier molecular flexibility index (Phi) is 5.07. The van der Waals surface area contributed by atoms with E-state index < -0.39 is 20.0 Å². The molecule has 19 heavy (non-hydrogen) atoms. The standard InChI is InChI=1S/C13H13F2N2Si.Ir/c1-18(2,3)9-4-6-11(16-8-9)10-5-7-12(14)17-13(10)15;/h4,6-8H,1-3H3;/q-1;. The molecule has 103 valence electrons. The maximum Gasteiger partial charge on any atom is 0.128 e. The molecule has 0 aromatic carbocycles. The normalized spacial score (nSPS) is 11.0. The van der Waals surface area contributed by atoms with Crippen LogP contribution in [0.5, 0.6) is 0 Å². The molecule has 1 radical (unpaired) electrons. The van der Waals surface area contributed by atoms with Crippen molar-refractivity contribution >= 4 is 13.3 Å². The summed E-state index contributed by atoms with van der Waals surface area (Å²) in [6.45, 7) is 6.61. The van der Waals surface area contributed by atoms with Gasteiger partial charge in [0, 0.05) is 26.3 Å². The van der Waals surface area contributed by atoms with Gasteiger partial charge in [0.25, 0.3) is 0 Å². The summed E-state index contributed by atoms with van der Waals surface area (Å²) in [6.07, 6.45) is 1.75. The molecule has 0 fully saturated rings. The Morgan fingerprint density at radius 2 is 1.84 bits per heavy atom. The molecule has 0 atom stereocenters. The predicted molar refractivity (Wildman–Crippen MR) is 69.2 cm³/mol. The molecular weight excluding hydrogens is 442 g/mol. The molecule has 0 saturated carbocycles. The minimum Gasteiger partial charge on any atom is -0.305 e. The molecule has 0 spiro atoms. The molecule has 0 saturated heterocycles. The van der Waals surface area contributed by atoms with E-state index in [2.05, 4.69) is 35.7 Å². The van der Waals surface area contributed by atoms with Crippen molar-refractivity contribution in [2.45, 2.75) is 19.6 Å². The first kappa shape index (κ1) is 16.1. The second-order valence-electron chi connectivity index (χ2n) is 5.07. The van der Waals surface area contributed by atoms with Crippen molar-refractivity contribution in [1.29, 1.82) is 0 Å². The van der Waals surface area contributed by atoms with Crippen LogP contribution >= 0.6 is 0 Å². The van der Waals surface area contributed by atoms with Gasteiger partial charge in [-0.3, -0.25) is 4.98 Å². The van der Waals surface area contributed by atoms with Gasteiger partial charge in [0.1, 0.15) is 11.9 Å². The van der Waals surface area contributed by atoms with E-state index in [4.69, 9.17) is 0 Å². The van der Waals surface area contributed by atoms with Gasteiger partial charge >= 0.3 is 0 Å². The van der Waals surface area contributed by atoms with Gasteiger partial charge in [-0.25, -0.2) is 8.78 Å². The van der Waals surface area contributed by atoms with E-state index in [0.29, 0.717) is 5.69 Å². The van der Waals surface area contributed by atoms with E-state index in [1.165, 1.54) is 5.19 Å². The molecule has 2 nitrogen and oxygen atoms in total. The number of aromatic nitrogens is 2. The van der Waals surface area contributed by atoms with Crippen LogP contribution in [0.4, 0.5) is 8.78 Å². The first-order valence-corrected chi connectivity index (χ1v) is 9.08. The molecule has 2 aromatic heterocycles. The van der Waals surface area contributed by atoms with Crippen molar-refractivity contribution in [3.05, 3.63) is 42.4 Å². The summed E-state index contributed by atoms with van der Waals surface area (Å²) in [4.78, 5) is 7.33. The fraction of sp³-hybridized carbons (Fsp3) is 0.231. The van der Waals surface area contributed by atoms with Crippen LogP contribution in [-0.4, -0.2) is 18.0 Å². The van der Waals surface area contributed by atoms with Crippen LogP contribution in [0.1, 0.15) is 0 Å². The summed E-state index contributed by atoms with van der Waals surface area (Å²) < 4.78 is 26.1. The van der Waals surface area contributed by atoms with Crippen molar-refractivity contribution in [3.8, 4) is 11.3 Å². The third-order valence-electron chi connectivity index (χ3n) is 2.63. The van der Waals surface area contributed by atoms with Gasteiger partial charge in [0.15, 0.2) is 0 Å². The zero-order valence-corrected chi connectivity index (χ0v) is 14.2. The minimum absolute atomic E-state index is 0. The molecule has 0 unspecified atom stereocenters. The molecule has 2 heterocycles. The second-order valence-corrected chi connectivity index (χ2v) is 10.1. The number of pyridine rings is 2. The Hall–Kier alpha value is -0.974. The van der Waals surface area contributed by atoms with Crippen LogP contribution in [0.25, 0.3) is 11.3 Å². The van der Waals surface area contributed by atoms with Gasteiger partial charge < -0.3 is 4.98 Å². The zero-order chi connectivity index (χ0) is 13.3. The molecule has 2 aromatic rings. The fourth-order valence-corrected chi connectivity index (χ4v) is 2.57. The summed E-state index contributed by atoms with van der Waals surface area (Å²) in [5.74, 6) is -1.77. The van der Waals surface area contributed by atoms with Crippen LogP contribution < -0.4 is 5.19 Å². The van der Waals surface area contributed by atoms with E-state index in [9.17, 15) is 8.78 Å². The van der Waals surface area contributed by atoms with Crippen molar-refractivity contribution in [1.82, 2.24) is 9.97 Å². The number of hydrogen-bond donors (Lipinski definition) is 0. The Morgan fingerprint density at radius 3 is 2.32 bits per heavy atom. The Balaban J connectivity index is 0.00000180. The van der Waals surface area contributed by atoms with Gasteiger partial charge in [0.05, 0.1) is 8.07 Å². The SMILES string of the molecule is C[Si](C)(C)c1ccc(-c2[c-]cc(F)nc2F)nc1.[Ir]. The summed E-state index contributed by atoms with van der Waals surface area (Å²) in [5.41, 5.74) is 0.514. The molecule has 0 amide bonds. The Bertz CT molecular complexity index is 568. The van der Waals surface area contributed by atoms with E-state index in [1.807, 2.05) is 6.07 Å². The summed E-state index contributed by atoms with van der Waals surface area (Å²) in [7, 11) is -1.42. The van der Waals surface area contributed by atoms with Crippen molar-refractivity contribution in [3.63, 3.8) is 0 Å². The molecule has 6 heteroatoms. The molecular formula is C13H13F2IrN2Si-. The topological polar surface area (TPSA) is 25.8 Å². The molecule has 0 bridgehead atoms. The van der Waals surface area contributed by atoms with E-state index in [-0.39, 0.29) is 25.7 Å². The number of nitrogens with zero attached hydrogens (tertiary/aromatic N) is 2. The summed E-state index contributed by atoms with van der Waals surface area (Å²) >= 11 is 0. The first-order valence-electron chi connectivity index (χ1n) is 5.58. The Morgan fingerprint density at radius 1 is 1.16 bits per heavy atom. The van der Waals surface area contributed by atoms with E-state index in [0.717, 1.165) is 6.07 Å². The van der Waals surface area contributed by atoms with Gasteiger partial charge in [-0.2, -0.15) is 0 Å². The smallest absolute Gasteiger partial charge is 0.128 e. The van der Waals surface area contributed by atoms with Gasteiger partial charge in [-0.15, -0.1) is 6.07 Å². The van der Waals surface area contributed by atoms with Gasteiger partial charge in [-0.1, -0.05) is 43.4 Å². The van der Waals surface area contributed by atoms with Crippen molar-refractivity contribution in [2.75, 3.05) is 0 Å². The maximum absolute atomic E-state index is 13.5. The maximum atomic E-state index is 13.5. The van der Waals surface area contributed by atoms with Gasteiger partial charge in [0.2, 0.25) is 0 Å². The Labute approximate surface area is 125 Å². The number of hydrogen-bond acceptors (Lipinski definition) is 2. The predicted octanol–water partition coefficient (Wildman–Crippen LogP) is 2.76. The quantitative estimate of drug-likeness (QED) is 0.396. The number of rotatable bonds is 2.